The highest BCUT2D eigenvalue weighted by Crippen LogP contribution is 2.32. The van der Waals surface area contributed by atoms with E-state index in [0.717, 1.165) is 44.4 Å². The number of fused-ring (bicyclic) bond motifs is 1. The first-order chi connectivity index (χ1) is 16.7. The number of rotatable bonds is 7. The molecule has 5 rings (SSSR count). The van der Waals surface area contributed by atoms with E-state index >= 15 is 0 Å². The van der Waals surface area contributed by atoms with Crippen molar-refractivity contribution in [3.63, 3.8) is 0 Å². The largest absolute Gasteiger partial charge is 0.486 e. The second kappa shape index (κ2) is 10.6. The normalized spacial score (nSPS) is 15.8. The van der Waals surface area contributed by atoms with E-state index < -0.39 is 0 Å². The lowest BCUT2D eigenvalue weighted by molar-refractivity contribution is -0.922. The summed E-state index contributed by atoms with van der Waals surface area (Å²) in [6.07, 6.45) is 0. The Hall–Kier alpha value is -2.79. The molecule has 9 nitrogen and oxygen atoms in total. The van der Waals surface area contributed by atoms with E-state index in [9.17, 15) is 4.79 Å². The molecular weight excluding hydrogens is 478 g/mol. The summed E-state index contributed by atoms with van der Waals surface area (Å²) >= 11 is 7.44. The van der Waals surface area contributed by atoms with E-state index in [4.69, 9.17) is 25.8 Å². The van der Waals surface area contributed by atoms with Crippen LogP contribution in [-0.4, -0.2) is 65.9 Å². The zero-order valence-corrected chi connectivity index (χ0v) is 20.0. The van der Waals surface area contributed by atoms with Crippen molar-refractivity contribution in [1.29, 1.82) is 0 Å². The third-order valence-electron chi connectivity index (χ3n) is 5.55. The first-order valence-electron chi connectivity index (χ1n) is 11.1. The number of thioether (sulfide) groups is 1. The molecule has 2 aliphatic rings. The minimum atomic E-state index is -0.146. The quantitative estimate of drug-likeness (QED) is 0.476. The van der Waals surface area contributed by atoms with Crippen molar-refractivity contribution in [2.45, 2.75) is 11.7 Å². The SMILES string of the molecule is O=C(CSc1nnc(C[NH+]2CCOCC2)n1-c1ccc(Cl)cc1)Nc1ccc2c(c1)OCCO2. The second-order valence-electron chi connectivity index (χ2n) is 7.95. The Morgan fingerprint density at radius 3 is 2.59 bits per heavy atom. The van der Waals surface area contributed by atoms with E-state index in [-0.39, 0.29) is 11.7 Å². The number of ether oxygens (including phenoxy) is 3. The molecule has 2 aliphatic heterocycles. The fourth-order valence-electron chi connectivity index (χ4n) is 3.87. The second-order valence-corrected chi connectivity index (χ2v) is 9.32. The third-order valence-corrected chi connectivity index (χ3v) is 6.73. The van der Waals surface area contributed by atoms with Gasteiger partial charge in [0.2, 0.25) is 5.91 Å². The summed E-state index contributed by atoms with van der Waals surface area (Å²) in [5.74, 6) is 2.20. The Bertz CT molecular complexity index is 1150. The molecule has 3 heterocycles. The molecule has 0 unspecified atom stereocenters. The van der Waals surface area contributed by atoms with Gasteiger partial charge >= 0.3 is 0 Å². The van der Waals surface area contributed by atoms with Crippen molar-refractivity contribution < 1.29 is 23.9 Å². The number of carbonyl (C=O) groups is 1. The van der Waals surface area contributed by atoms with Crippen LogP contribution in [0.15, 0.2) is 47.6 Å². The van der Waals surface area contributed by atoms with Gasteiger partial charge in [0, 0.05) is 22.5 Å². The van der Waals surface area contributed by atoms with Crippen molar-refractivity contribution in [1.82, 2.24) is 14.8 Å². The van der Waals surface area contributed by atoms with Gasteiger partial charge in [0.05, 0.1) is 19.0 Å². The maximum atomic E-state index is 12.7. The van der Waals surface area contributed by atoms with Gasteiger partial charge in [-0.3, -0.25) is 9.36 Å². The van der Waals surface area contributed by atoms with Crippen molar-refractivity contribution >= 4 is 35.0 Å². The van der Waals surface area contributed by atoms with Crippen molar-refractivity contribution in [2.24, 2.45) is 0 Å². The van der Waals surface area contributed by atoms with Gasteiger partial charge in [0.25, 0.3) is 0 Å². The Labute approximate surface area is 206 Å². The number of hydrogen-bond donors (Lipinski definition) is 2. The smallest absolute Gasteiger partial charge is 0.234 e. The highest BCUT2D eigenvalue weighted by Gasteiger charge is 2.22. The number of carbonyl (C=O) groups excluding carboxylic acids is 1. The summed E-state index contributed by atoms with van der Waals surface area (Å²) in [6, 6.07) is 12.9. The van der Waals surface area contributed by atoms with E-state index in [1.807, 2.05) is 28.8 Å². The fourth-order valence-corrected chi connectivity index (χ4v) is 4.76. The first kappa shape index (κ1) is 23.0. The molecule has 0 bridgehead atoms. The van der Waals surface area contributed by atoms with Crippen LogP contribution in [0.3, 0.4) is 0 Å². The average Bonchev–Trinajstić information content (AvgIpc) is 3.26. The van der Waals surface area contributed by atoms with Gasteiger partial charge in [-0.05, 0) is 36.4 Å². The molecule has 1 aromatic heterocycles. The van der Waals surface area contributed by atoms with E-state index in [1.54, 1.807) is 18.2 Å². The molecule has 0 aliphatic carbocycles. The molecule has 1 amide bonds. The molecule has 0 saturated carbocycles. The summed E-state index contributed by atoms with van der Waals surface area (Å²) in [6.45, 7) is 5.08. The lowest BCUT2D eigenvalue weighted by Gasteiger charge is -2.23. The molecule has 11 heteroatoms. The van der Waals surface area contributed by atoms with E-state index in [1.165, 1.54) is 16.7 Å². The Morgan fingerprint density at radius 2 is 1.79 bits per heavy atom. The molecule has 178 valence electrons. The van der Waals surface area contributed by atoms with Crippen LogP contribution in [0.5, 0.6) is 11.5 Å². The summed E-state index contributed by atoms with van der Waals surface area (Å²) in [5.41, 5.74) is 1.57. The summed E-state index contributed by atoms with van der Waals surface area (Å²) in [5, 5.41) is 13.1. The highest BCUT2D eigenvalue weighted by atomic mass is 35.5. The number of halogens is 1. The molecule has 34 heavy (non-hydrogen) atoms. The van der Waals surface area contributed by atoms with Crippen molar-refractivity contribution in [3.05, 3.63) is 53.3 Å². The minimum Gasteiger partial charge on any atom is -0.486 e. The van der Waals surface area contributed by atoms with Crippen LogP contribution in [0.2, 0.25) is 5.02 Å². The maximum Gasteiger partial charge on any atom is 0.234 e. The average molecular weight is 503 g/mol. The van der Waals surface area contributed by atoms with Crippen LogP contribution in [0.25, 0.3) is 5.69 Å². The fraction of sp³-hybridized carbons (Fsp3) is 0.348. The predicted octanol–water partition coefficient (Wildman–Crippen LogP) is 1.84. The number of nitrogens with one attached hydrogen (secondary N) is 2. The highest BCUT2D eigenvalue weighted by molar-refractivity contribution is 7.99. The number of amides is 1. The molecule has 2 aromatic carbocycles. The van der Waals surface area contributed by atoms with Gasteiger partial charge in [-0.2, -0.15) is 0 Å². The number of morpholine rings is 1. The number of benzene rings is 2. The lowest BCUT2D eigenvalue weighted by Crippen LogP contribution is -3.12. The van der Waals surface area contributed by atoms with Gasteiger partial charge in [-0.25, -0.2) is 0 Å². The minimum absolute atomic E-state index is 0.146. The standard InChI is InChI=1S/C23H24ClN5O4S/c24-16-1-4-18(5-2-16)29-21(14-28-7-9-31-10-8-28)26-27-23(29)34-15-22(30)25-17-3-6-19-20(13-17)33-12-11-32-19/h1-6,13H,7-12,14-15H2,(H,25,30)/p+1. The van der Waals surface area contributed by atoms with E-state index in [2.05, 4.69) is 15.5 Å². The summed E-state index contributed by atoms with van der Waals surface area (Å²) in [4.78, 5) is 14.1. The Morgan fingerprint density at radius 1 is 1.03 bits per heavy atom. The monoisotopic (exact) mass is 502 g/mol. The van der Waals surface area contributed by atoms with Gasteiger partial charge in [0.15, 0.2) is 22.5 Å². The van der Waals surface area contributed by atoms with Crippen LogP contribution in [0, 0.1) is 0 Å². The lowest BCUT2D eigenvalue weighted by atomic mass is 10.2. The van der Waals surface area contributed by atoms with E-state index in [0.29, 0.717) is 40.6 Å². The van der Waals surface area contributed by atoms with Gasteiger partial charge in [-0.15, -0.1) is 10.2 Å². The predicted molar refractivity (Wildman–Crippen MR) is 128 cm³/mol. The number of anilines is 1. The number of aromatic nitrogens is 3. The molecule has 0 radical (unpaired) electrons. The number of quaternary nitrogens is 1. The van der Waals surface area contributed by atoms with Crippen molar-refractivity contribution in [2.75, 3.05) is 50.6 Å². The van der Waals surface area contributed by atoms with Gasteiger partial charge in [0.1, 0.15) is 32.8 Å². The topological polar surface area (TPSA) is 91.9 Å². The molecule has 1 saturated heterocycles. The Kier molecular flexibility index (Phi) is 7.19. The molecule has 1 fully saturated rings. The molecule has 3 aromatic rings. The third kappa shape index (κ3) is 5.47. The van der Waals surface area contributed by atoms with Crippen LogP contribution in [-0.2, 0) is 16.1 Å². The zero-order valence-electron chi connectivity index (χ0n) is 18.5. The zero-order chi connectivity index (χ0) is 23.3. The maximum absolute atomic E-state index is 12.7. The number of hydrogen-bond acceptors (Lipinski definition) is 7. The molecule has 0 spiro atoms. The van der Waals surface area contributed by atoms with Crippen molar-refractivity contribution in [3.8, 4) is 17.2 Å². The van der Waals surface area contributed by atoms with Crippen LogP contribution in [0.4, 0.5) is 5.69 Å². The Balaban J connectivity index is 1.29. The molecular formula is C23H25ClN5O4S+. The van der Waals surface area contributed by atoms with Crippen LogP contribution >= 0.6 is 23.4 Å². The molecule has 0 atom stereocenters. The number of nitrogens with zero attached hydrogens (tertiary/aromatic N) is 3. The van der Waals surface area contributed by atoms with Gasteiger partial charge < -0.3 is 24.4 Å². The first-order valence-corrected chi connectivity index (χ1v) is 12.5. The van der Waals surface area contributed by atoms with Crippen LogP contribution < -0.4 is 19.7 Å². The molecule has 2 N–H and O–H groups in total. The summed E-state index contributed by atoms with van der Waals surface area (Å²) in [7, 11) is 0. The van der Waals surface area contributed by atoms with Gasteiger partial charge in [-0.1, -0.05) is 23.4 Å². The summed E-state index contributed by atoms with van der Waals surface area (Å²) < 4.78 is 18.6. The van der Waals surface area contributed by atoms with Crippen LogP contribution in [0.1, 0.15) is 5.82 Å².